The zero-order valence-corrected chi connectivity index (χ0v) is 13.0. The van der Waals surface area contributed by atoms with Crippen molar-refractivity contribution in [2.75, 3.05) is 26.7 Å². The highest BCUT2D eigenvalue weighted by Crippen LogP contribution is 2.23. The van der Waals surface area contributed by atoms with E-state index < -0.39 is 15.8 Å². The van der Waals surface area contributed by atoms with Crippen LogP contribution in [0.5, 0.6) is 0 Å². The molecular weight excluding hydrogens is 303 g/mol. The molecule has 1 saturated heterocycles. The van der Waals surface area contributed by atoms with E-state index in [1.807, 2.05) is 7.05 Å². The van der Waals surface area contributed by atoms with Gasteiger partial charge in [-0.2, -0.15) is 4.31 Å². The molecule has 0 bridgehead atoms. The lowest BCUT2D eigenvalue weighted by Gasteiger charge is -2.31. The van der Waals surface area contributed by atoms with E-state index in [-0.39, 0.29) is 17.3 Å². The predicted octanol–water partition coefficient (Wildman–Crippen LogP) is 1.87. The first-order valence-corrected chi connectivity index (χ1v) is 7.88. The van der Waals surface area contributed by atoms with Crippen molar-refractivity contribution in [3.63, 3.8) is 0 Å². The van der Waals surface area contributed by atoms with Crippen LogP contribution in [0.25, 0.3) is 0 Å². The van der Waals surface area contributed by atoms with Gasteiger partial charge in [0, 0.05) is 13.1 Å². The molecule has 1 atom stereocenters. The van der Waals surface area contributed by atoms with Crippen LogP contribution in [0.2, 0.25) is 0 Å². The minimum atomic E-state index is -3.57. The van der Waals surface area contributed by atoms with Gasteiger partial charge in [-0.15, -0.1) is 12.4 Å². The smallest absolute Gasteiger partial charge is 0.243 e. The van der Waals surface area contributed by atoms with Gasteiger partial charge in [-0.1, -0.05) is 6.07 Å². The van der Waals surface area contributed by atoms with Gasteiger partial charge in [-0.05, 0) is 50.6 Å². The summed E-state index contributed by atoms with van der Waals surface area (Å²) in [5, 5.41) is 3.08. The van der Waals surface area contributed by atoms with E-state index in [2.05, 4.69) is 5.32 Å². The molecule has 0 radical (unpaired) electrons. The van der Waals surface area contributed by atoms with Crippen LogP contribution in [-0.4, -0.2) is 39.4 Å². The zero-order chi connectivity index (χ0) is 13.9. The lowest BCUT2D eigenvalue weighted by Crippen LogP contribution is -2.42. The fourth-order valence-electron chi connectivity index (χ4n) is 2.48. The van der Waals surface area contributed by atoms with E-state index in [1.165, 1.54) is 22.5 Å². The van der Waals surface area contributed by atoms with E-state index in [9.17, 15) is 12.8 Å². The average molecular weight is 323 g/mol. The number of rotatable bonds is 4. The van der Waals surface area contributed by atoms with E-state index in [0.717, 1.165) is 25.5 Å². The fraction of sp³-hybridized carbons (Fsp3) is 0.538. The number of sulfonamides is 1. The van der Waals surface area contributed by atoms with Gasteiger partial charge < -0.3 is 5.32 Å². The molecule has 4 nitrogen and oxygen atoms in total. The van der Waals surface area contributed by atoms with E-state index in [0.29, 0.717) is 19.0 Å². The summed E-state index contributed by atoms with van der Waals surface area (Å²) in [6.45, 7) is 1.81. The van der Waals surface area contributed by atoms with Gasteiger partial charge >= 0.3 is 0 Å². The van der Waals surface area contributed by atoms with Crippen molar-refractivity contribution >= 4 is 22.4 Å². The topological polar surface area (TPSA) is 49.4 Å². The number of nitrogens with one attached hydrogen (secondary N) is 1. The molecule has 1 N–H and O–H groups in total. The predicted molar refractivity (Wildman–Crippen MR) is 79.1 cm³/mol. The first-order valence-electron chi connectivity index (χ1n) is 6.44. The Balaban J connectivity index is 0.00000200. The van der Waals surface area contributed by atoms with Crippen LogP contribution < -0.4 is 5.32 Å². The van der Waals surface area contributed by atoms with Crippen molar-refractivity contribution in [3.05, 3.63) is 30.1 Å². The van der Waals surface area contributed by atoms with Crippen LogP contribution in [0, 0.1) is 11.7 Å². The maximum absolute atomic E-state index is 13.2. The Bertz CT molecular complexity index is 537. The summed E-state index contributed by atoms with van der Waals surface area (Å²) in [7, 11) is -1.71. The minimum absolute atomic E-state index is 0. The molecule has 0 aromatic heterocycles. The number of piperidine rings is 1. The maximum Gasteiger partial charge on any atom is 0.243 e. The van der Waals surface area contributed by atoms with Crippen LogP contribution in [-0.2, 0) is 10.0 Å². The first-order chi connectivity index (χ1) is 9.04. The van der Waals surface area contributed by atoms with E-state index in [1.54, 1.807) is 0 Å². The van der Waals surface area contributed by atoms with Gasteiger partial charge in [0.25, 0.3) is 0 Å². The van der Waals surface area contributed by atoms with Gasteiger partial charge in [0.05, 0.1) is 4.90 Å². The van der Waals surface area contributed by atoms with E-state index >= 15 is 0 Å². The van der Waals surface area contributed by atoms with Crippen LogP contribution in [0.15, 0.2) is 29.2 Å². The van der Waals surface area contributed by atoms with Crippen LogP contribution in [0.4, 0.5) is 4.39 Å². The number of hydrogen-bond donors (Lipinski definition) is 1. The maximum atomic E-state index is 13.2. The quantitative estimate of drug-likeness (QED) is 0.920. The highest BCUT2D eigenvalue weighted by Gasteiger charge is 2.30. The third-order valence-electron chi connectivity index (χ3n) is 3.41. The Morgan fingerprint density at radius 1 is 1.45 bits per heavy atom. The molecule has 20 heavy (non-hydrogen) atoms. The van der Waals surface area contributed by atoms with Crippen molar-refractivity contribution in [3.8, 4) is 0 Å². The molecule has 1 aromatic carbocycles. The summed E-state index contributed by atoms with van der Waals surface area (Å²) >= 11 is 0. The highest BCUT2D eigenvalue weighted by atomic mass is 35.5. The van der Waals surface area contributed by atoms with Gasteiger partial charge in [0.1, 0.15) is 5.82 Å². The van der Waals surface area contributed by atoms with Gasteiger partial charge in [-0.25, -0.2) is 12.8 Å². The van der Waals surface area contributed by atoms with Gasteiger partial charge in [0.2, 0.25) is 10.0 Å². The Kier molecular flexibility index (Phi) is 6.39. The molecular formula is C13H20ClFN2O2S. The summed E-state index contributed by atoms with van der Waals surface area (Å²) in [6, 6.07) is 5.20. The molecule has 7 heteroatoms. The molecule has 1 heterocycles. The third kappa shape index (κ3) is 3.91. The van der Waals surface area contributed by atoms with E-state index in [4.69, 9.17) is 0 Å². The number of benzene rings is 1. The largest absolute Gasteiger partial charge is 0.319 e. The summed E-state index contributed by atoms with van der Waals surface area (Å²) < 4.78 is 39.5. The standard InChI is InChI=1S/C13H19FN2O2S.ClH/c1-15-9-11-4-3-7-16(10-11)19(17,18)13-6-2-5-12(14)8-13;/h2,5-6,8,11,15H,3-4,7,9-10H2,1H3;1H. The number of halogens is 2. The van der Waals surface area contributed by atoms with Crippen molar-refractivity contribution in [1.29, 1.82) is 0 Å². The molecule has 0 spiro atoms. The third-order valence-corrected chi connectivity index (χ3v) is 5.27. The highest BCUT2D eigenvalue weighted by molar-refractivity contribution is 7.89. The number of nitrogens with zero attached hydrogens (tertiary/aromatic N) is 1. The molecule has 1 aliphatic heterocycles. The normalized spacial score (nSPS) is 20.4. The first kappa shape index (κ1) is 17.4. The fourth-order valence-corrected chi connectivity index (χ4v) is 4.06. The number of hydrogen-bond acceptors (Lipinski definition) is 3. The molecule has 1 aliphatic rings. The Morgan fingerprint density at radius 2 is 2.20 bits per heavy atom. The van der Waals surface area contributed by atoms with Crippen molar-refractivity contribution in [2.24, 2.45) is 5.92 Å². The molecule has 2 rings (SSSR count). The summed E-state index contributed by atoms with van der Waals surface area (Å²) in [6.07, 6.45) is 1.87. The molecule has 1 aromatic rings. The van der Waals surface area contributed by atoms with Crippen LogP contribution >= 0.6 is 12.4 Å². The molecule has 1 unspecified atom stereocenters. The minimum Gasteiger partial charge on any atom is -0.319 e. The van der Waals surface area contributed by atoms with Crippen LogP contribution in [0.3, 0.4) is 0 Å². The summed E-state index contributed by atoms with van der Waals surface area (Å²) in [4.78, 5) is 0.0395. The SMILES string of the molecule is CNCC1CCCN(S(=O)(=O)c2cccc(F)c2)C1.Cl. The molecule has 0 amide bonds. The van der Waals surface area contributed by atoms with Crippen molar-refractivity contribution in [2.45, 2.75) is 17.7 Å². The molecule has 114 valence electrons. The Hall–Kier alpha value is -0.690. The average Bonchev–Trinajstić information content (AvgIpc) is 2.39. The molecule has 1 fully saturated rings. The zero-order valence-electron chi connectivity index (χ0n) is 11.4. The van der Waals surface area contributed by atoms with Gasteiger partial charge in [-0.3, -0.25) is 0 Å². The second-order valence-corrected chi connectivity index (χ2v) is 6.82. The van der Waals surface area contributed by atoms with Crippen LogP contribution in [0.1, 0.15) is 12.8 Å². The Labute approximate surface area is 125 Å². The Morgan fingerprint density at radius 3 is 2.85 bits per heavy atom. The molecule has 0 saturated carbocycles. The lowest BCUT2D eigenvalue weighted by molar-refractivity contribution is 0.263. The second-order valence-electron chi connectivity index (χ2n) is 4.89. The molecule has 0 aliphatic carbocycles. The monoisotopic (exact) mass is 322 g/mol. The van der Waals surface area contributed by atoms with Crippen molar-refractivity contribution < 1.29 is 12.8 Å². The summed E-state index contributed by atoms with van der Waals surface area (Å²) in [5.41, 5.74) is 0. The second kappa shape index (κ2) is 7.36. The van der Waals surface area contributed by atoms with Gasteiger partial charge in [0.15, 0.2) is 0 Å². The lowest BCUT2D eigenvalue weighted by atomic mass is 10.00. The summed E-state index contributed by atoms with van der Waals surface area (Å²) in [5.74, 6) is -0.202. The van der Waals surface area contributed by atoms with Crippen molar-refractivity contribution in [1.82, 2.24) is 9.62 Å².